The maximum atomic E-state index is 12.8. The molecule has 0 saturated carbocycles. The van der Waals surface area contributed by atoms with Gasteiger partial charge in [0.1, 0.15) is 5.65 Å². The molecule has 0 unspecified atom stereocenters. The fourth-order valence-electron chi connectivity index (χ4n) is 3.55. The summed E-state index contributed by atoms with van der Waals surface area (Å²) in [6.07, 6.45) is 3.93. The van der Waals surface area contributed by atoms with Gasteiger partial charge < -0.3 is 4.40 Å². The molecule has 0 saturated heterocycles. The summed E-state index contributed by atoms with van der Waals surface area (Å²) in [6.45, 7) is 2.02. The third-order valence-electron chi connectivity index (χ3n) is 5.14. The number of benzene rings is 3. The summed E-state index contributed by atoms with van der Waals surface area (Å²) in [5, 5.41) is 1.89. The lowest BCUT2D eigenvalue weighted by Gasteiger charge is -2.09. The van der Waals surface area contributed by atoms with Crippen LogP contribution in [0, 0.1) is 6.92 Å². The summed E-state index contributed by atoms with van der Waals surface area (Å²) in [4.78, 5) is 4.92. The fourth-order valence-corrected chi connectivity index (χ4v) is 4.64. The van der Waals surface area contributed by atoms with Gasteiger partial charge in [0.15, 0.2) is 0 Å². The third-order valence-corrected chi connectivity index (χ3v) is 6.52. The Labute approximate surface area is 174 Å². The monoisotopic (exact) mass is 413 g/mol. The number of fused-ring (bicyclic) bond motifs is 2. The van der Waals surface area contributed by atoms with Gasteiger partial charge in [0.05, 0.1) is 10.6 Å². The highest BCUT2D eigenvalue weighted by molar-refractivity contribution is 7.92. The van der Waals surface area contributed by atoms with Gasteiger partial charge in [-0.25, -0.2) is 13.4 Å². The molecule has 5 nitrogen and oxygen atoms in total. The Bertz CT molecular complexity index is 1490. The van der Waals surface area contributed by atoms with E-state index < -0.39 is 10.0 Å². The van der Waals surface area contributed by atoms with Crippen LogP contribution in [-0.4, -0.2) is 17.8 Å². The SMILES string of the molecule is Cc1cccn2cc(-c3ccc(NS(=O)(=O)c4ccc5ccccc5c4)cc3)nc12. The minimum absolute atomic E-state index is 0.237. The largest absolute Gasteiger partial charge is 0.306 e. The predicted molar refractivity (Wildman–Crippen MR) is 120 cm³/mol. The normalized spacial score (nSPS) is 11.8. The topological polar surface area (TPSA) is 63.5 Å². The van der Waals surface area contributed by atoms with Crippen LogP contribution in [-0.2, 0) is 10.0 Å². The Kier molecular flexibility index (Phi) is 4.29. The van der Waals surface area contributed by atoms with Crippen LogP contribution in [0.1, 0.15) is 5.56 Å². The van der Waals surface area contributed by atoms with Crippen LogP contribution in [0.4, 0.5) is 5.69 Å². The average Bonchev–Trinajstić information content (AvgIpc) is 3.19. The van der Waals surface area contributed by atoms with Crippen molar-refractivity contribution in [1.82, 2.24) is 9.38 Å². The van der Waals surface area contributed by atoms with E-state index in [0.29, 0.717) is 5.69 Å². The molecule has 30 heavy (non-hydrogen) atoms. The van der Waals surface area contributed by atoms with Gasteiger partial charge in [-0.3, -0.25) is 4.72 Å². The second-order valence-corrected chi connectivity index (χ2v) is 8.92. The molecular formula is C24H19N3O2S. The molecule has 6 heteroatoms. The van der Waals surface area contributed by atoms with Gasteiger partial charge in [0.25, 0.3) is 10.0 Å². The first-order valence-electron chi connectivity index (χ1n) is 9.56. The number of rotatable bonds is 4. The van der Waals surface area contributed by atoms with Crippen molar-refractivity contribution < 1.29 is 8.42 Å². The lowest BCUT2D eigenvalue weighted by Crippen LogP contribution is -2.12. The zero-order chi connectivity index (χ0) is 20.7. The summed E-state index contributed by atoms with van der Waals surface area (Å²) >= 11 is 0. The lowest BCUT2D eigenvalue weighted by molar-refractivity contribution is 0.601. The Morgan fingerprint density at radius 1 is 0.867 bits per heavy atom. The maximum absolute atomic E-state index is 12.8. The molecule has 0 spiro atoms. The van der Waals surface area contributed by atoms with Crippen molar-refractivity contribution in [2.45, 2.75) is 11.8 Å². The number of imidazole rings is 1. The van der Waals surface area contributed by atoms with Gasteiger partial charge in [0.2, 0.25) is 0 Å². The van der Waals surface area contributed by atoms with Crippen molar-refractivity contribution in [2.75, 3.05) is 4.72 Å². The number of sulfonamides is 1. The van der Waals surface area contributed by atoms with E-state index in [1.54, 1.807) is 24.3 Å². The smallest absolute Gasteiger partial charge is 0.261 e. The Morgan fingerprint density at radius 3 is 2.40 bits per heavy atom. The number of aromatic nitrogens is 2. The molecule has 2 aromatic heterocycles. The number of nitrogens with one attached hydrogen (secondary N) is 1. The number of hydrogen-bond acceptors (Lipinski definition) is 3. The van der Waals surface area contributed by atoms with Gasteiger partial charge in [-0.15, -0.1) is 0 Å². The van der Waals surface area contributed by atoms with E-state index in [4.69, 9.17) is 0 Å². The molecule has 148 valence electrons. The van der Waals surface area contributed by atoms with Crippen LogP contribution in [0.25, 0.3) is 27.7 Å². The van der Waals surface area contributed by atoms with Crippen molar-refractivity contribution in [3.8, 4) is 11.3 Å². The molecule has 0 bridgehead atoms. The Balaban J connectivity index is 1.42. The van der Waals surface area contributed by atoms with E-state index in [9.17, 15) is 8.42 Å². The molecule has 5 aromatic rings. The Hall–Kier alpha value is -3.64. The molecule has 0 atom stereocenters. The second-order valence-electron chi connectivity index (χ2n) is 7.24. The summed E-state index contributed by atoms with van der Waals surface area (Å²) in [5.74, 6) is 0. The zero-order valence-corrected chi connectivity index (χ0v) is 17.1. The van der Waals surface area contributed by atoms with E-state index in [1.165, 1.54) is 0 Å². The maximum Gasteiger partial charge on any atom is 0.261 e. The average molecular weight is 414 g/mol. The van der Waals surface area contributed by atoms with Gasteiger partial charge >= 0.3 is 0 Å². The molecule has 0 amide bonds. The van der Waals surface area contributed by atoms with Gasteiger partial charge in [-0.1, -0.05) is 48.5 Å². The number of hydrogen-bond donors (Lipinski definition) is 1. The predicted octanol–water partition coefficient (Wildman–Crippen LogP) is 5.26. The molecular weight excluding hydrogens is 394 g/mol. The molecule has 0 fully saturated rings. The molecule has 0 aliphatic heterocycles. The first-order valence-corrected chi connectivity index (χ1v) is 11.0. The van der Waals surface area contributed by atoms with Crippen LogP contribution >= 0.6 is 0 Å². The van der Waals surface area contributed by atoms with E-state index >= 15 is 0 Å². The summed E-state index contributed by atoms with van der Waals surface area (Å²) < 4.78 is 30.3. The third kappa shape index (κ3) is 3.31. The quantitative estimate of drug-likeness (QED) is 0.437. The van der Waals surface area contributed by atoms with Crippen molar-refractivity contribution in [3.63, 3.8) is 0 Å². The van der Waals surface area contributed by atoms with E-state index in [2.05, 4.69) is 9.71 Å². The number of nitrogens with zero attached hydrogens (tertiary/aromatic N) is 2. The summed E-state index contributed by atoms with van der Waals surface area (Å²) in [5.41, 5.74) is 4.28. The van der Waals surface area contributed by atoms with Crippen LogP contribution in [0.5, 0.6) is 0 Å². The van der Waals surface area contributed by atoms with Crippen LogP contribution in [0.15, 0.2) is 96.2 Å². The van der Waals surface area contributed by atoms with Crippen molar-refractivity contribution in [3.05, 3.63) is 96.8 Å². The molecule has 0 aliphatic rings. The minimum atomic E-state index is -3.68. The van der Waals surface area contributed by atoms with Crippen molar-refractivity contribution in [2.24, 2.45) is 0 Å². The van der Waals surface area contributed by atoms with Gasteiger partial charge in [-0.2, -0.15) is 0 Å². The summed E-state index contributed by atoms with van der Waals surface area (Å²) in [7, 11) is -3.68. The van der Waals surface area contributed by atoms with Crippen LogP contribution < -0.4 is 4.72 Å². The first kappa shape index (κ1) is 18.4. The zero-order valence-electron chi connectivity index (χ0n) is 16.3. The highest BCUT2D eigenvalue weighted by Crippen LogP contribution is 2.25. The van der Waals surface area contributed by atoms with E-state index in [0.717, 1.165) is 33.2 Å². The van der Waals surface area contributed by atoms with E-state index in [-0.39, 0.29) is 4.90 Å². The number of aryl methyl sites for hydroxylation is 1. The molecule has 5 rings (SSSR count). The molecule has 2 heterocycles. The molecule has 0 radical (unpaired) electrons. The Morgan fingerprint density at radius 2 is 1.63 bits per heavy atom. The van der Waals surface area contributed by atoms with Crippen molar-refractivity contribution in [1.29, 1.82) is 0 Å². The minimum Gasteiger partial charge on any atom is -0.306 e. The number of pyridine rings is 1. The highest BCUT2D eigenvalue weighted by Gasteiger charge is 2.15. The second kappa shape index (κ2) is 7.00. The molecule has 3 aromatic carbocycles. The van der Waals surface area contributed by atoms with Crippen LogP contribution in [0.2, 0.25) is 0 Å². The van der Waals surface area contributed by atoms with Gasteiger partial charge in [0, 0.05) is 23.6 Å². The van der Waals surface area contributed by atoms with Gasteiger partial charge in [-0.05, 0) is 53.6 Å². The van der Waals surface area contributed by atoms with Crippen molar-refractivity contribution >= 4 is 32.1 Å². The standard InChI is InChI=1S/C24H19N3O2S/c1-17-5-4-14-27-16-23(25-24(17)27)19-8-11-21(12-9-19)26-30(28,29)22-13-10-18-6-2-3-7-20(18)15-22/h2-16,26H,1H3. The lowest BCUT2D eigenvalue weighted by atomic mass is 10.1. The summed E-state index contributed by atoms with van der Waals surface area (Å²) in [6, 6.07) is 24.1. The van der Waals surface area contributed by atoms with Crippen LogP contribution in [0.3, 0.4) is 0 Å². The molecule has 0 aliphatic carbocycles. The molecule has 1 N–H and O–H groups in total. The van der Waals surface area contributed by atoms with E-state index in [1.807, 2.05) is 78.3 Å². The first-order chi connectivity index (χ1) is 14.5. The fraction of sp³-hybridized carbons (Fsp3) is 0.0417. The highest BCUT2D eigenvalue weighted by atomic mass is 32.2. The number of anilines is 1.